The zero-order valence-corrected chi connectivity index (χ0v) is 65.7. The van der Waals surface area contributed by atoms with Crippen molar-refractivity contribution in [2.45, 2.75) is 438 Å². The molecule has 0 saturated heterocycles. The summed E-state index contributed by atoms with van der Waals surface area (Å²) in [5, 5.41) is 10.6. The van der Waals surface area contributed by atoms with Gasteiger partial charge in [0.2, 0.25) is 0 Å². The molecule has 19 heteroatoms. The van der Waals surface area contributed by atoms with Crippen LogP contribution in [0.5, 0.6) is 0 Å². The van der Waals surface area contributed by atoms with Gasteiger partial charge in [0.15, 0.2) is 12.2 Å². The summed E-state index contributed by atoms with van der Waals surface area (Å²) in [4.78, 5) is 72.9. The molecule has 0 aromatic carbocycles. The summed E-state index contributed by atoms with van der Waals surface area (Å²) >= 11 is 0. The molecule has 6 atom stereocenters. The van der Waals surface area contributed by atoms with Crippen LogP contribution < -0.4 is 0 Å². The Balaban J connectivity index is 5.19. The molecule has 0 aliphatic carbocycles. The van der Waals surface area contributed by atoms with Gasteiger partial charge >= 0.3 is 39.5 Å². The topological polar surface area (TPSA) is 237 Å². The highest BCUT2D eigenvalue weighted by Gasteiger charge is 2.30. The summed E-state index contributed by atoms with van der Waals surface area (Å²) in [6.07, 6.45) is 62.4. The van der Waals surface area contributed by atoms with Crippen LogP contribution in [0.4, 0.5) is 0 Å². The van der Waals surface area contributed by atoms with E-state index in [0.29, 0.717) is 25.7 Å². The fourth-order valence-electron chi connectivity index (χ4n) is 12.2. The molecule has 3 N–H and O–H groups in total. The molecule has 0 aliphatic rings. The van der Waals surface area contributed by atoms with Crippen molar-refractivity contribution in [3.05, 3.63) is 0 Å². The number of esters is 4. The molecule has 0 saturated carbocycles. The summed E-state index contributed by atoms with van der Waals surface area (Å²) in [6.45, 7) is 7.33. The molecule has 0 aliphatic heterocycles. The molecule has 0 heterocycles. The Kier molecular flexibility index (Phi) is 70.6. The van der Waals surface area contributed by atoms with E-state index in [9.17, 15) is 43.2 Å². The highest BCUT2D eigenvalue weighted by Crippen LogP contribution is 2.45. The number of hydrogen-bond donors (Lipinski definition) is 3. The van der Waals surface area contributed by atoms with E-state index in [1.807, 2.05) is 0 Å². The number of carbonyl (C=O) groups is 4. The van der Waals surface area contributed by atoms with Gasteiger partial charge in [-0.25, -0.2) is 9.13 Å². The Morgan fingerprint density at radius 2 is 0.490 bits per heavy atom. The molecule has 98 heavy (non-hydrogen) atoms. The van der Waals surface area contributed by atoms with Crippen LogP contribution >= 0.6 is 15.6 Å². The van der Waals surface area contributed by atoms with Crippen LogP contribution in [0.25, 0.3) is 0 Å². The molecule has 0 aromatic rings. The van der Waals surface area contributed by atoms with Gasteiger partial charge in [-0.1, -0.05) is 369 Å². The van der Waals surface area contributed by atoms with Crippen LogP contribution in [0.3, 0.4) is 0 Å². The number of aliphatic hydroxyl groups is 1. The van der Waals surface area contributed by atoms with Gasteiger partial charge in [-0.05, 0) is 31.6 Å². The van der Waals surface area contributed by atoms with Gasteiger partial charge in [0, 0.05) is 25.7 Å². The molecular formula is C79H154O17P2. The van der Waals surface area contributed by atoms with E-state index in [1.165, 1.54) is 244 Å². The smallest absolute Gasteiger partial charge is 0.462 e. The van der Waals surface area contributed by atoms with Crippen molar-refractivity contribution in [2.75, 3.05) is 39.6 Å². The average molecular weight is 1440 g/mol. The van der Waals surface area contributed by atoms with Gasteiger partial charge in [-0.15, -0.1) is 0 Å². The van der Waals surface area contributed by atoms with Crippen molar-refractivity contribution >= 4 is 39.5 Å². The summed E-state index contributed by atoms with van der Waals surface area (Å²) in [6, 6.07) is 0. The SMILES string of the molecule is CCCCCCCCCCCCCCCCCCCCCCCCC(=O)O[C@H](COC(=O)CCCCCCCCCCCCC(C)CC)COP(=O)(O)OC[C@@H](O)COP(=O)(O)OC[C@@H](COC(=O)CCCCCCCCCCCC)OC(=O)CCCCCCCCCCCCCC. The molecule has 0 aromatic heterocycles. The first kappa shape index (κ1) is 96.1. The van der Waals surface area contributed by atoms with Crippen LogP contribution in [0.1, 0.15) is 420 Å². The van der Waals surface area contributed by atoms with E-state index < -0.39 is 97.5 Å². The van der Waals surface area contributed by atoms with E-state index in [0.717, 1.165) is 95.8 Å². The number of phosphoric ester groups is 2. The van der Waals surface area contributed by atoms with E-state index >= 15 is 0 Å². The van der Waals surface area contributed by atoms with E-state index in [1.54, 1.807) is 0 Å². The number of aliphatic hydroxyl groups excluding tert-OH is 1. The predicted octanol–water partition coefficient (Wildman–Crippen LogP) is 23.6. The van der Waals surface area contributed by atoms with E-state index in [4.69, 9.17) is 37.0 Å². The minimum absolute atomic E-state index is 0.108. The predicted molar refractivity (Wildman–Crippen MR) is 400 cm³/mol. The van der Waals surface area contributed by atoms with Gasteiger partial charge in [-0.2, -0.15) is 0 Å². The Labute approximate surface area is 600 Å². The highest BCUT2D eigenvalue weighted by molar-refractivity contribution is 7.47. The second-order valence-corrected chi connectivity index (χ2v) is 31.6. The average Bonchev–Trinajstić information content (AvgIpc) is 0.962. The maximum atomic E-state index is 13.1. The van der Waals surface area contributed by atoms with Crippen LogP contribution in [0, 0.1) is 5.92 Å². The molecular weight excluding hydrogens is 1280 g/mol. The Bertz CT molecular complexity index is 1880. The number of rotatable bonds is 79. The fourth-order valence-corrected chi connectivity index (χ4v) is 13.8. The second kappa shape index (κ2) is 72.0. The molecule has 582 valence electrons. The standard InChI is InChI=1S/C79H154O17P2/c1-6-10-13-16-19-22-25-27-28-29-30-31-32-33-34-35-36-38-45-50-55-60-65-79(84)96-75(69-90-77(82)63-58-53-48-43-40-39-41-46-51-56-61-72(5)9-4)71-94-98(87,88)92-67-73(80)66-91-97(85,86)93-70-74(68-89-76(81)62-57-52-47-42-24-21-18-15-12-8-3)95-78(83)64-59-54-49-44-37-26-23-20-17-14-11-7-2/h72-75,80H,6-71H2,1-5H3,(H,85,86)(H,87,88)/t72?,73-,74+,75+/m0/s1. The largest absolute Gasteiger partial charge is 0.472 e. The second-order valence-electron chi connectivity index (χ2n) is 28.7. The number of ether oxygens (including phenoxy) is 4. The Morgan fingerprint density at radius 3 is 0.724 bits per heavy atom. The maximum absolute atomic E-state index is 13.1. The summed E-state index contributed by atoms with van der Waals surface area (Å²) in [7, 11) is -9.91. The number of unbranched alkanes of at least 4 members (excludes halogenated alkanes) is 50. The third-order valence-electron chi connectivity index (χ3n) is 18.9. The van der Waals surface area contributed by atoms with Gasteiger partial charge in [0.25, 0.3) is 0 Å². The number of hydrogen-bond acceptors (Lipinski definition) is 15. The normalized spacial score (nSPS) is 14.2. The lowest BCUT2D eigenvalue weighted by molar-refractivity contribution is -0.161. The van der Waals surface area contributed by atoms with E-state index in [2.05, 4.69) is 34.6 Å². The Hall–Kier alpha value is -1.94. The van der Waals surface area contributed by atoms with E-state index in [-0.39, 0.29) is 25.7 Å². The monoisotopic (exact) mass is 1440 g/mol. The lowest BCUT2D eigenvalue weighted by Crippen LogP contribution is -2.30. The minimum Gasteiger partial charge on any atom is -0.462 e. The zero-order valence-electron chi connectivity index (χ0n) is 63.9. The maximum Gasteiger partial charge on any atom is 0.472 e. The Morgan fingerprint density at radius 1 is 0.286 bits per heavy atom. The fraction of sp³-hybridized carbons (Fsp3) is 0.949. The molecule has 17 nitrogen and oxygen atoms in total. The first-order valence-electron chi connectivity index (χ1n) is 41.2. The van der Waals surface area contributed by atoms with Crippen molar-refractivity contribution in [2.24, 2.45) is 5.92 Å². The highest BCUT2D eigenvalue weighted by atomic mass is 31.2. The van der Waals surface area contributed by atoms with Crippen molar-refractivity contribution in [1.29, 1.82) is 0 Å². The molecule has 0 rings (SSSR count). The quantitative estimate of drug-likeness (QED) is 0.0222. The van der Waals surface area contributed by atoms with Crippen LogP contribution in [0.15, 0.2) is 0 Å². The lowest BCUT2D eigenvalue weighted by atomic mass is 9.99. The number of phosphoric acid groups is 2. The van der Waals surface area contributed by atoms with Gasteiger partial charge in [0.05, 0.1) is 26.4 Å². The van der Waals surface area contributed by atoms with Gasteiger partial charge < -0.3 is 33.8 Å². The van der Waals surface area contributed by atoms with Crippen molar-refractivity contribution in [1.82, 2.24) is 0 Å². The van der Waals surface area contributed by atoms with Crippen LogP contribution in [0.2, 0.25) is 0 Å². The molecule has 0 bridgehead atoms. The van der Waals surface area contributed by atoms with Crippen LogP contribution in [-0.4, -0.2) is 96.7 Å². The molecule has 0 fully saturated rings. The molecule has 0 spiro atoms. The number of carbonyl (C=O) groups excluding carboxylic acids is 4. The third kappa shape index (κ3) is 71.1. The summed E-state index contributed by atoms with van der Waals surface area (Å²) in [5.74, 6) is -1.30. The first-order valence-corrected chi connectivity index (χ1v) is 44.2. The third-order valence-corrected chi connectivity index (χ3v) is 20.8. The van der Waals surface area contributed by atoms with Crippen molar-refractivity contribution in [3.8, 4) is 0 Å². The van der Waals surface area contributed by atoms with Gasteiger partial charge in [-0.3, -0.25) is 37.3 Å². The molecule has 0 radical (unpaired) electrons. The van der Waals surface area contributed by atoms with Crippen molar-refractivity contribution < 1.29 is 80.2 Å². The molecule has 0 amide bonds. The first-order chi connectivity index (χ1) is 47.6. The van der Waals surface area contributed by atoms with Crippen LogP contribution in [-0.2, 0) is 65.4 Å². The zero-order chi connectivity index (χ0) is 71.9. The van der Waals surface area contributed by atoms with Gasteiger partial charge in [0.1, 0.15) is 19.3 Å². The summed E-state index contributed by atoms with van der Waals surface area (Å²) in [5.41, 5.74) is 0. The molecule has 3 unspecified atom stereocenters. The summed E-state index contributed by atoms with van der Waals surface area (Å²) < 4.78 is 68.6. The lowest BCUT2D eigenvalue weighted by Gasteiger charge is -2.21. The van der Waals surface area contributed by atoms with Crippen molar-refractivity contribution in [3.63, 3.8) is 0 Å². The minimum atomic E-state index is -4.96.